The lowest BCUT2D eigenvalue weighted by Gasteiger charge is -2.22. The zero-order valence-corrected chi connectivity index (χ0v) is 21.8. The molecule has 0 bridgehead atoms. The highest BCUT2D eigenvalue weighted by atomic mass is 32.2. The van der Waals surface area contributed by atoms with Gasteiger partial charge in [0.2, 0.25) is 0 Å². The van der Waals surface area contributed by atoms with E-state index >= 15 is 0 Å². The number of hydrogen-bond acceptors (Lipinski definition) is 6. The Hall–Kier alpha value is -3.65. The van der Waals surface area contributed by atoms with Crippen LogP contribution in [0.15, 0.2) is 74.9 Å². The summed E-state index contributed by atoms with van der Waals surface area (Å²) in [6.45, 7) is 0. The van der Waals surface area contributed by atoms with Gasteiger partial charge in [-0.3, -0.25) is 4.72 Å². The number of pyridine rings is 1. The molecular formula is C30H30N2O5S. The van der Waals surface area contributed by atoms with Crippen molar-refractivity contribution in [1.29, 1.82) is 0 Å². The maximum Gasteiger partial charge on any atom is 0.343 e. The molecule has 2 aliphatic rings. The molecule has 6 rings (SSSR count). The second kappa shape index (κ2) is 9.91. The number of hydrogen-bond donors (Lipinski definition) is 2. The Kier molecular flexibility index (Phi) is 6.43. The number of rotatable bonds is 6. The van der Waals surface area contributed by atoms with Gasteiger partial charge in [-0.05, 0) is 73.9 Å². The molecule has 0 radical (unpaired) electrons. The minimum absolute atomic E-state index is 0.0568. The number of nitrogens with one attached hydrogen (secondary N) is 1. The average Bonchev–Trinajstić information content (AvgIpc) is 3.72. The normalized spacial score (nSPS) is 16.8. The van der Waals surface area contributed by atoms with Gasteiger partial charge < -0.3 is 9.52 Å². The Morgan fingerprint density at radius 1 is 0.947 bits per heavy atom. The largest absolute Gasteiger partial charge is 0.507 e. The first-order valence-electron chi connectivity index (χ1n) is 13.3. The smallest absolute Gasteiger partial charge is 0.343 e. The van der Waals surface area contributed by atoms with Crippen LogP contribution in [0.1, 0.15) is 66.9 Å². The molecule has 0 saturated heterocycles. The topological polar surface area (TPSA) is 109 Å². The molecule has 2 N–H and O–H groups in total. The lowest BCUT2D eigenvalue weighted by atomic mass is 9.85. The monoisotopic (exact) mass is 530 g/mol. The molecule has 0 aliphatic heterocycles. The lowest BCUT2D eigenvalue weighted by Crippen LogP contribution is -2.19. The molecule has 7 nitrogen and oxygen atoms in total. The number of para-hydroxylation sites is 1. The van der Waals surface area contributed by atoms with Crippen LogP contribution in [0.25, 0.3) is 10.9 Å². The lowest BCUT2D eigenvalue weighted by molar-refractivity contribution is 0.382. The molecule has 1 saturated carbocycles. The Labute approximate surface area is 221 Å². The van der Waals surface area contributed by atoms with Crippen molar-refractivity contribution in [3.63, 3.8) is 0 Å². The fourth-order valence-corrected chi connectivity index (χ4v) is 6.61. The van der Waals surface area contributed by atoms with Gasteiger partial charge in [0.25, 0.3) is 10.0 Å². The summed E-state index contributed by atoms with van der Waals surface area (Å²) in [5.41, 5.74) is 2.29. The van der Waals surface area contributed by atoms with Crippen LogP contribution < -0.4 is 10.3 Å². The third-order valence-electron chi connectivity index (χ3n) is 7.64. The van der Waals surface area contributed by atoms with Gasteiger partial charge in [0, 0.05) is 29.0 Å². The van der Waals surface area contributed by atoms with Gasteiger partial charge in [-0.15, -0.1) is 0 Å². The molecule has 0 spiro atoms. The molecule has 196 valence electrons. The minimum atomic E-state index is -3.94. The first-order valence-corrected chi connectivity index (χ1v) is 14.8. The molecule has 2 aromatic carbocycles. The molecule has 4 aromatic rings. The van der Waals surface area contributed by atoms with Crippen molar-refractivity contribution in [3.8, 4) is 5.75 Å². The van der Waals surface area contributed by atoms with Gasteiger partial charge >= 0.3 is 5.63 Å². The first-order chi connectivity index (χ1) is 18.4. The summed E-state index contributed by atoms with van der Waals surface area (Å²) < 4.78 is 34.8. The highest BCUT2D eigenvalue weighted by Gasteiger charge is 2.38. The van der Waals surface area contributed by atoms with Crippen LogP contribution in [0, 0.1) is 5.92 Å². The van der Waals surface area contributed by atoms with Gasteiger partial charge in [-0.25, -0.2) is 9.78 Å². The van der Waals surface area contributed by atoms with Crippen molar-refractivity contribution in [3.05, 3.63) is 93.5 Å². The SMILES string of the molecule is O=c1oc2c(c(O)c1C(c1cccc(NS(=O)(=O)c3ccc4ccccc4n3)c1)C1CC1)CCCCCC2. The number of benzene rings is 2. The van der Waals surface area contributed by atoms with E-state index in [-0.39, 0.29) is 22.6 Å². The molecule has 1 unspecified atom stereocenters. The Morgan fingerprint density at radius 2 is 1.74 bits per heavy atom. The summed E-state index contributed by atoms with van der Waals surface area (Å²) in [7, 11) is -3.94. The molecule has 8 heteroatoms. The fourth-order valence-electron chi connectivity index (χ4n) is 5.60. The van der Waals surface area contributed by atoms with Gasteiger partial charge in [0.15, 0.2) is 5.03 Å². The summed E-state index contributed by atoms with van der Waals surface area (Å²) in [5, 5.41) is 12.1. The molecule has 2 aromatic heterocycles. The van der Waals surface area contributed by atoms with Crippen LogP contribution >= 0.6 is 0 Å². The maximum absolute atomic E-state index is 13.2. The summed E-state index contributed by atoms with van der Waals surface area (Å²) in [4.78, 5) is 17.5. The van der Waals surface area contributed by atoms with Crippen molar-refractivity contribution in [1.82, 2.24) is 4.98 Å². The number of sulfonamides is 1. The van der Waals surface area contributed by atoms with E-state index in [0.717, 1.165) is 55.0 Å². The van der Waals surface area contributed by atoms with E-state index in [4.69, 9.17) is 4.42 Å². The van der Waals surface area contributed by atoms with Gasteiger partial charge in [0.1, 0.15) is 11.5 Å². The highest BCUT2D eigenvalue weighted by Crippen LogP contribution is 2.49. The van der Waals surface area contributed by atoms with Crippen molar-refractivity contribution >= 4 is 26.6 Å². The summed E-state index contributed by atoms with van der Waals surface area (Å²) in [6.07, 6.45) is 7.27. The van der Waals surface area contributed by atoms with E-state index in [1.54, 1.807) is 30.3 Å². The fraction of sp³-hybridized carbons (Fsp3) is 0.333. The van der Waals surface area contributed by atoms with E-state index in [9.17, 15) is 18.3 Å². The van der Waals surface area contributed by atoms with Crippen LogP contribution in [0.4, 0.5) is 5.69 Å². The summed E-state index contributed by atoms with van der Waals surface area (Å²) in [6, 6.07) is 17.6. The second-order valence-corrected chi connectivity index (χ2v) is 12.0. The quantitative estimate of drug-likeness (QED) is 0.321. The van der Waals surface area contributed by atoms with Gasteiger partial charge in [-0.1, -0.05) is 43.2 Å². The Bertz CT molecular complexity index is 1670. The highest BCUT2D eigenvalue weighted by molar-refractivity contribution is 7.92. The third kappa shape index (κ3) is 4.80. The Morgan fingerprint density at radius 3 is 2.55 bits per heavy atom. The molecule has 2 heterocycles. The number of anilines is 1. The number of aromatic hydroxyl groups is 1. The third-order valence-corrected chi connectivity index (χ3v) is 8.93. The first kappa shape index (κ1) is 24.7. The minimum Gasteiger partial charge on any atom is -0.507 e. The summed E-state index contributed by atoms with van der Waals surface area (Å²) in [5.74, 6) is 0.478. The van der Waals surface area contributed by atoms with Gasteiger partial charge in [-0.2, -0.15) is 8.42 Å². The van der Waals surface area contributed by atoms with Crippen molar-refractivity contribution in [2.45, 2.75) is 62.3 Å². The maximum atomic E-state index is 13.2. The number of nitrogens with zero attached hydrogens (tertiary/aromatic N) is 1. The molecule has 0 amide bonds. The van der Waals surface area contributed by atoms with Crippen molar-refractivity contribution < 1.29 is 17.9 Å². The van der Waals surface area contributed by atoms with Crippen LogP contribution in [0.5, 0.6) is 5.75 Å². The predicted octanol–water partition coefficient (Wildman–Crippen LogP) is 5.90. The standard InChI is InChI=1S/C30H30N2O5S/c33-29-23-11-3-1-2-4-13-25(23)37-30(34)28(29)27(20-14-15-20)21-9-7-10-22(18-21)32-38(35,36)26-17-16-19-8-5-6-12-24(19)31-26/h5-10,12,16-18,20,27,32-33H,1-4,11,13-15H2. The van der Waals surface area contributed by atoms with Crippen LogP contribution in [0.3, 0.4) is 0 Å². The van der Waals surface area contributed by atoms with E-state index in [1.807, 2.05) is 24.3 Å². The summed E-state index contributed by atoms with van der Waals surface area (Å²) >= 11 is 0. The predicted molar refractivity (Wildman–Crippen MR) is 146 cm³/mol. The van der Waals surface area contributed by atoms with Gasteiger partial charge in [0.05, 0.1) is 11.1 Å². The van der Waals surface area contributed by atoms with E-state index < -0.39 is 15.6 Å². The average molecular weight is 531 g/mol. The molecular weight excluding hydrogens is 500 g/mol. The van der Waals surface area contributed by atoms with Crippen molar-refractivity contribution in [2.24, 2.45) is 5.92 Å². The second-order valence-electron chi connectivity index (χ2n) is 10.4. The van der Waals surface area contributed by atoms with E-state index in [2.05, 4.69) is 9.71 Å². The molecule has 38 heavy (non-hydrogen) atoms. The number of aryl methyl sites for hydroxylation is 1. The van der Waals surface area contributed by atoms with Crippen molar-refractivity contribution in [2.75, 3.05) is 4.72 Å². The number of fused-ring (bicyclic) bond motifs is 2. The van der Waals surface area contributed by atoms with Crippen LogP contribution in [-0.4, -0.2) is 18.5 Å². The molecule has 1 atom stereocenters. The molecule has 1 fully saturated rings. The van der Waals surface area contributed by atoms with E-state index in [1.165, 1.54) is 6.07 Å². The number of aromatic nitrogens is 1. The van der Waals surface area contributed by atoms with E-state index in [0.29, 0.717) is 35.4 Å². The van der Waals surface area contributed by atoms with Crippen LogP contribution in [-0.2, 0) is 22.9 Å². The van der Waals surface area contributed by atoms with Crippen LogP contribution in [0.2, 0.25) is 0 Å². The zero-order chi connectivity index (χ0) is 26.3. The zero-order valence-electron chi connectivity index (χ0n) is 21.0. The molecule has 2 aliphatic carbocycles. The Balaban J connectivity index is 1.36.